The minimum absolute atomic E-state index is 0.108. The number of furan rings is 1. The molecule has 2 heterocycles. The number of fused-ring (bicyclic) bond motifs is 4. The highest BCUT2D eigenvalue weighted by atomic mass is 16.3. The first kappa shape index (κ1) is 15.4. The Bertz CT molecular complexity index is 1360. The van der Waals surface area contributed by atoms with Crippen molar-refractivity contribution in [3.05, 3.63) is 114 Å². The number of hydrogen-bond acceptors (Lipinski definition) is 2. The van der Waals surface area contributed by atoms with Crippen LogP contribution in [0.15, 0.2) is 106 Å². The van der Waals surface area contributed by atoms with Gasteiger partial charge in [-0.05, 0) is 29.3 Å². The molecule has 0 N–H and O–H groups in total. The van der Waals surface area contributed by atoms with Crippen LogP contribution in [0.25, 0.3) is 21.9 Å². The van der Waals surface area contributed by atoms with Gasteiger partial charge in [-0.25, -0.2) is 0 Å². The summed E-state index contributed by atoms with van der Waals surface area (Å²) in [6.07, 6.45) is 0. The van der Waals surface area contributed by atoms with E-state index in [9.17, 15) is 0 Å². The molecule has 2 heteroatoms. The molecular formula is C26H17NO. The highest BCUT2D eigenvalue weighted by molar-refractivity contribution is 6.20. The fraction of sp³-hybridized carbons (Fsp3) is 0.0385. The van der Waals surface area contributed by atoms with E-state index < -0.39 is 0 Å². The number of nitrogens with zero attached hydrogens (tertiary/aromatic N) is 1. The number of para-hydroxylation sites is 3. The van der Waals surface area contributed by atoms with Gasteiger partial charge < -0.3 is 4.42 Å². The van der Waals surface area contributed by atoms with Crippen molar-refractivity contribution in [3.63, 3.8) is 0 Å². The average Bonchev–Trinajstić information content (AvgIpc) is 3.33. The quantitative estimate of drug-likeness (QED) is 0.338. The molecule has 6 rings (SSSR count). The predicted octanol–water partition coefficient (Wildman–Crippen LogP) is 6.85. The summed E-state index contributed by atoms with van der Waals surface area (Å²) < 4.78 is 6.30. The minimum atomic E-state index is 0.108. The van der Waals surface area contributed by atoms with Crippen molar-refractivity contribution in [3.8, 4) is 0 Å². The third kappa shape index (κ3) is 2.18. The normalized spacial score (nSPS) is 15.7. The summed E-state index contributed by atoms with van der Waals surface area (Å²) in [7, 11) is 0. The number of aliphatic imine (C=N–C) groups is 1. The maximum atomic E-state index is 6.30. The lowest BCUT2D eigenvalue weighted by Crippen LogP contribution is -2.11. The van der Waals surface area contributed by atoms with E-state index >= 15 is 0 Å². The van der Waals surface area contributed by atoms with Crippen LogP contribution >= 0.6 is 0 Å². The van der Waals surface area contributed by atoms with E-state index in [1.807, 2.05) is 12.1 Å². The summed E-state index contributed by atoms with van der Waals surface area (Å²) in [4.78, 5) is 5.06. The van der Waals surface area contributed by atoms with Gasteiger partial charge in [0.2, 0.25) is 0 Å². The molecule has 0 spiro atoms. The second-order valence-electron chi connectivity index (χ2n) is 7.18. The lowest BCUT2D eigenvalue weighted by molar-refractivity contribution is 0.668. The lowest BCUT2D eigenvalue weighted by Gasteiger charge is -2.16. The Labute approximate surface area is 162 Å². The summed E-state index contributed by atoms with van der Waals surface area (Å²) in [5.74, 6) is 0.108. The van der Waals surface area contributed by atoms with Crippen molar-refractivity contribution in [1.82, 2.24) is 0 Å². The molecule has 5 aromatic rings. The maximum absolute atomic E-state index is 6.30. The average molecular weight is 359 g/mol. The molecule has 2 nitrogen and oxygen atoms in total. The van der Waals surface area contributed by atoms with Gasteiger partial charge in [-0.2, -0.15) is 0 Å². The molecular weight excluding hydrogens is 342 g/mol. The van der Waals surface area contributed by atoms with Gasteiger partial charge in [0.05, 0.1) is 17.3 Å². The minimum Gasteiger partial charge on any atom is -0.455 e. The second-order valence-corrected chi connectivity index (χ2v) is 7.18. The van der Waals surface area contributed by atoms with Crippen LogP contribution in [0.2, 0.25) is 0 Å². The van der Waals surface area contributed by atoms with Gasteiger partial charge in [0.25, 0.3) is 0 Å². The van der Waals surface area contributed by atoms with Crippen molar-refractivity contribution in [2.75, 3.05) is 0 Å². The highest BCUT2D eigenvalue weighted by Gasteiger charge is 2.31. The standard InChI is InChI=1S/C26H17NO/c1-2-9-17(10-3-1)24-20-12-4-6-15-22(20)27-25(24)21-14-8-13-19-18-11-5-7-16-23(18)28-26(19)21/h1-16,24H. The molecule has 1 aromatic heterocycles. The predicted molar refractivity (Wildman–Crippen MR) is 115 cm³/mol. The molecule has 28 heavy (non-hydrogen) atoms. The molecule has 0 aliphatic carbocycles. The van der Waals surface area contributed by atoms with Crippen LogP contribution < -0.4 is 0 Å². The Balaban J connectivity index is 1.64. The molecule has 1 unspecified atom stereocenters. The summed E-state index contributed by atoms with van der Waals surface area (Å²) in [5, 5.41) is 2.28. The van der Waals surface area contributed by atoms with Crippen molar-refractivity contribution in [2.45, 2.75) is 5.92 Å². The van der Waals surface area contributed by atoms with E-state index in [0.717, 1.165) is 38.9 Å². The molecule has 132 valence electrons. The van der Waals surface area contributed by atoms with Crippen molar-refractivity contribution in [1.29, 1.82) is 0 Å². The molecule has 0 fully saturated rings. The molecule has 0 bridgehead atoms. The van der Waals surface area contributed by atoms with Gasteiger partial charge in [0.15, 0.2) is 0 Å². The SMILES string of the molecule is c1ccc(C2C(c3cccc4c3oc3ccccc34)=Nc3ccccc32)cc1. The number of hydrogen-bond donors (Lipinski definition) is 0. The Morgan fingerprint density at radius 2 is 1.39 bits per heavy atom. The van der Waals surface area contributed by atoms with Gasteiger partial charge >= 0.3 is 0 Å². The van der Waals surface area contributed by atoms with Crippen LogP contribution in [0.5, 0.6) is 0 Å². The zero-order valence-electron chi connectivity index (χ0n) is 15.2. The van der Waals surface area contributed by atoms with Crippen molar-refractivity contribution < 1.29 is 4.42 Å². The highest BCUT2D eigenvalue weighted by Crippen LogP contribution is 2.43. The van der Waals surface area contributed by atoms with E-state index in [0.29, 0.717) is 0 Å². The maximum Gasteiger partial charge on any atom is 0.144 e. The van der Waals surface area contributed by atoms with Gasteiger partial charge in [0.1, 0.15) is 11.2 Å². The first-order valence-corrected chi connectivity index (χ1v) is 9.53. The zero-order valence-corrected chi connectivity index (χ0v) is 15.2. The van der Waals surface area contributed by atoms with Crippen LogP contribution in [-0.4, -0.2) is 5.71 Å². The molecule has 0 amide bonds. The summed E-state index contributed by atoms with van der Waals surface area (Å²) >= 11 is 0. The van der Waals surface area contributed by atoms with Crippen LogP contribution in [0, 0.1) is 0 Å². The molecule has 0 saturated carbocycles. The van der Waals surface area contributed by atoms with E-state index in [1.54, 1.807) is 0 Å². The van der Waals surface area contributed by atoms with Gasteiger partial charge in [0, 0.05) is 16.3 Å². The van der Waals surface area contributed by atoms with E-state index in [-0.39, 0.29) is 5.92 Å². The summed E-state index contributed by atoms with van der Waals surface area (Å²) in [5.41, 5.74) is 7.49. The molecule has 1 aliphatic heterocycles. The molecule has 0 saturated heterocycles. The molecule has 1 atom stereocenters. The molecule has 4 aromatic carbocycles. The second kappa shape index (κ2) is 5.93. The summed E-state index contributed by atoms with van der Waals surface area (Å²) in [6, 6.07) is 33.6. The zero-order chi connectivity index (χ0) is 18.5. The number of benzene rings is 4. The Hall–Kier alpha value is -3.65. The fourth-order valence-corrected chi connectivity index (χ4v) is 4.32. The van der Waals surface area contributed by atoms with Crippen LogP contribution in [-0.2, 0) is 0 Å². The van der Waals surface area contributed by atoms with Crippen molar-refractivity contribution in [2.24, 2.45) is 4.99 Å². The first-order chi connectivity index (χ1) is 13.9. The fourth-order valence-electron chi connectivity index (χ4n) is 4.32. The van der Waals surface area contributed by atoms with Crippen LogP contribution in [0.1, 0.15) is 22.6 Å². The number of rotatable bonds is 2. The van der Waals surface area contributed by atoms with Gasteiger partial charge in [-0.15, -0.1) is 0 Å². The first-order valence-electron chi connectivity index (χ1n) is 9.53. The largest absolute Gasteiger partial charge is 0.455 e. The van der Waals surface area contributed by atoms with Crippen LogP contribution in [0.3, 0.4) is 0 Å². The van der Waals surface area contributed by atoms with E-state index in [1.165, 1.54) is 11.1 Å². The van der Waals surface area contributed by atoms with E-state index in [2.05, 4.69) is 84.9 Å². The third-order valence-corrected chi connectivity index (χ3v) is 5.58. The molecule has 1 aliphatic rings. The topological polar surface area (TPSA) is 25.5 Å². The van der Waals surface area contributed by atoms with Gasteiger partial charge in [-0.1, -0.05) is 78.9 Å². The monoisotopic (exact) mass is 359 g/mol. The Kier molecular flexibility index (Phi) is 3.26. The Morgan fingerprint density at radius 1 is 0.643 bits per heavy atom. The van der Waals surface area contributed by atoms with Gasteiger partial charge in [-0.3, -0.25) is 4.99 Å². The van der Waals surface area contributed by atoms with Crippen LogP contribution in [0.4, 0.5) is 5.69 Å². The van der Waals surface area contributed by atoms with E-state index in [4.69, 9.17) is 9.41 Å². The Morgan fingerprint density at radius 3 is 2.32 bits per heavy atom. The molecule has 0 radical (unpaired) electrons. The lowest BCUT2D eigenvalue weighted by atomic mass is 9.85. The van der Waals surface area contributed by atoms with Crippen molar-refractivity contribution >= 4 is 33.3 Å². The smallest absolute Gasteiger partial charge is 0.144 e. The summed E-state index contributed by atoms with van der Waals surface area (Å²) in [6.45, 7) is 0. The third-order valence-electron chi connectivity index (χ3n) is 5.58.